The van der Waals surface area contributed by atoms with Crippen LogP contribution in [-0.4, -0.2) is 39.2 Å². The lowest BCUT2D eigenvalue weighted by molar-refractivity contribution is -0.0502. The molecule has 36 heavy (non-hydrogen) atoms. The molecule has 0 spiro atoms. The number of hydrogen-bond donors (Lipinski definition) is 1. The normalized spacial score (nSPS) is 11.6. The lowest BCUT2D eigenvalue weighted by atomic mass is 9.97. The van der Waals surface area contributed by atoms with Crippen LogP contribution in [0.2, 0.25) is 0 Å². The molecule has 0 radical (unpaired) electrons. The van der Waals surface area contributed by atoms with Crippen molar-refractivity contribution in [2.45, 2.75) is 32.9 Å². The first-order valence-corrected chi connectivity index (χ1v) is 10.9. The fourth-order valence-electron chi connectivity index (χ4n) is 4.21. The van der Waals surface area contributed by atoms with Crippen LogP contribution in [0, 0.1) is 0 Å². The van der Waals surface area contributed by atoms with Gasteiger partial charge in [-0.25, -0.2) is 8.78 Å². The number of halogens is 4. The van der Waals surface area contributed by atoms with Crippen molar-refractivity contribution in [3.8, 4) is 33.9 Å². The van der Waals surface area contributed by atoms with E-state index in [1.54, 1.807) is 23.1 Å². The fraction of sp³-hybridized carbons (Fsp3) is 0.292. The molecular weight excluding hydrogens is 482 g/mol. The van der Waals surface area contributed by atoms with Gasteiger partial charge in [0.1, 0.15) is 17.1 Å². The summed E-state index contributed by atoms with van der Waals surface area (Å²) < 4.78 is 67.6. The fourth-order valence-corrected chi connectivity index (χ4v) is 4.21. The maximum Gasteiger partial charge on any atom is 0.387 e. The average Bonchev–Trinajstić information content (AvgIpc) is 3.40. The Morgan fingerprint density at radius 2 is 1.81 bits per heavy atom. The van der Waals surface area contributed by atoms with Gasteiger partial charge in [-0.3, -0.25) is 14.2 Å². The molecule has 0 unspecified atom stereocenters. The van der Waals surface area contributed by atoms with Crippen molar-refractivity contribution < 1.29 is 31.8 Å². The number of primary amides is 1. The van der Waals surface area contributed by atoms with Gasteiger partial charge in [0.05, 0.1) is 24.5 Å². The number of nitrogens with two attached hydrogens (primary N) is 1. The number of benzene rings is 2. The van der Waals surface area contributed by atoms with Gasteiger partial charge >= 0.3 is 6.61 Å². The van der Waals surface area contributed by atoms with Gasteiger partial charge in [0.25, 0.3) is 12.3 Å². The van der Waals surface area contributed by atoms with Crippen molar-refractivity contribution in [1.82, 2.24) is 19.6 Å². The summed E-state index contributed by atoms with van der Waals surface area (Å²) in [6.45, 7) is -0.580. The van der Waals surface area contributed by atoms with Gasteiger partial charge in [-0.2, -0.15) is 19.0 Å². The lowest BCUT2D eigenvalue weighted by Gasteiger charge is -2.15. The van der Waals surface area contributed by atoms with Gasteiger partial charge in [-0.15, -0.1) is 0 Å². The zero-order valence-electron chi connectivity index (χ0n) is 19.6. The quantitative estimate of drug-likeness (QED) is 0.317. The molecule has 8 nitrogen and oxygen atoms in total. The van der Waals surface area contributed by atoms with Crippen LogP contribution in [0.15, 0.2) is 36.7 Å². The highest BCUT2D eigenvalue weighted by molar-refractivity contribution is 6.02. The SMILES string of the molecule is CCCn1cc(-c2cc(C(F)F)c3c(-c4cc(OC)c(C(N)=O)c(OC(F)F)c4)n(C)nc3c2)cn1. The maximum absolute atomic E-state index is 14.3. The van der Waals surface area contributed by atoms with Gasteiger partial charge in [0, 0.05) is 41.9 Å². The summed E-state index contributed by atoms with van der Waals surface area (Å²) in [5.74, 6) is -1.74. The molecule has 2 aromatic heterocycles. The Labute approximate surface area is 203 Å². The minimum atomic E-state index is -3.26. The van der Waals surface area contributed by atoms with E-state index in [2.05, 4.69) is 14.9 Å². The summed E-state index contributed by atoms with van der Waals surface area (Å²) in [6, 6.07) is 5.48. The molecule has 12 heteroatoms. The van der Waals surface area contributed by atoms with E-state index < -0.39 is 30.3 Å². The van der Waals surface area contributed by atoms with E-state index in [0.717, 1.165) is 12.5 Å². The number of nitrogens with zero attached hydrogens (tertiary/aromatic N) is 4. The van der Waals surface area contributed by atoms with Crippen molar-refractivity contribution in [3.05, 3.63) is 47.8 Å². The first-order chi connectivity index (χ1) is 17.1. The molecule has 0 saturated carbocycles. The number of aromatic nitrogens is 4. The average molecular weight is 505 g/mol. The Morgan fingerprint density at radius 1 is 1.08 bits per heavy atom. The zero-order valence-corrected chi connectivity index (χ0v) is 19.6. The number of amides is 1. The molecule has 4 rings (SSSR count). The lowest BCUT2D eigenvalue weighted by Crippen LogP contribution is -2.16. The van der Waals surface area contributed by atoms with E-state index in [1.807, 2.05) is 6.92 Å². The first kappa shape index (κ1) is 25.0. The smallest absolute Gasteiger partial charge is 0.387 e. The van der Waals surface area contributed by atoms with E-state index in [9.17, 15) is 22.4 Å². The summed E-state index contributed by atoms with van der Waals surface area (Å²) in [7, 11) is 2.75. The number of carbonyl (C=O) groups is 1. The van der Waals surface area contributed by atoms with Crippen molar-refractivity contribution in [2.24, 2.45) is 12.8 Å². The van der Waals surface area contributed by atoms with Crippen LogP contribution in [0.25, 0.3) is 33.3 Å². The van der Waals surface area contributed by atoms with Crippen LogP contribution in [-0.2, 0) is 13.6 Å². The van der Waals surface area contributed by atoms with Crippen molar-refractivity contribution in [2.75, 3.05) is 7.11 Å². The number of carbonyl (C=O) groups excluding carboxylic acids is 1. The summed E-state index contributed by atoms with van der Waals surface area (Å²) in [5.41, 5.74) is 6.43. The van der Waals surface area contributed by atoms with E-state index in [0.29, 0.717) is 17.7 Å². The minimum Gasteiger partial charge on any atom is -0.496 e. The maximum atomic E-state index is 14.3. The zero-order chi connectivity index (χ0) is 26.1. The Bertz CT molecular complexity index is 1430. The molecule has 2 N–H and O–H groups in total. The molecule has 0 fully saturated rings. The highest BCUT2D eigenvalue weighted by Crippen LogP contribution is 2.42. The topological polar surface area (TPSA) is 97.2 Å². The Balaban J connectivity index is 1.96. The number of fused-ring (bicyclic) bond motifs is 1. The standard InChI is InChI=1S/C24H23F4N5O3/c1-4-5-33-11-14(10-30-33)12-6-15(22(25)26)19-16(7-12)31-32(2)21(19)13-8-17(35-3)20(23(29)34)18(9-13)36-24(27)28/h6-11,22,24H,4-5H2,1-3H3,(H2,29,34). The van der Waals surface area contributed by atoms with E-state index in [4.69, 9.17) is 10.5 Å². The molecule has 0 bridgehead atoms. The van der Waals surface area contributed by atoms with Crippen molar-refractivity contribution >= 4 is 16.8 Å². The van der Waals surface area contributed by atoms with Gasteiger partial charge in [-0.1, -0.05) is 6.92 Å². The molecule has 2 heterocycles. The Hall–Kier alpha value is -4.09. The second kappa shape index (κ2) is 9.88. The van der Waals surface area contributed by atoms with E-state index in [1.165, 1.54) is 31.0 Å². The molecule has 2 aromatic carbocycles. The monoisotopic (exact) mass is 505 g/mol. The number of methoxy groups -OCH3 is 1. The summed E-state index contributed by atoms with van der Waals surface area (Å²) in [4.78, 5) is 11.9. The van der Waals surface area contributed by atoms with Crippen LogP contribution in [0.4, 0.5) is 17.6 Å². The highest BCUT2D eigenvalue weighted by Gasteiger charge is 2.26. The van der Waals surface area contributed by atoms with Gasteiger partial charge in [-0.05, 0) is 36.2 Å². The molecule has 0 aliphatic heterocycles. The number of alkyl halides is 4. The Morgan fingerprint density at radius 3 is 2.42 bits per heavy atom. The van der Waals surface area contributed by atoms with E-state index >= 15 is 0 Å². The predicted octanol–water partition coefficient (Wildman–Crippen LogP) is 5.16. The summed E-state index contributed by atoms with van der Waals surface area (Å²) in [5, 5.41) is 8.78. The van der Waals surface area contributed by atoms with Crippen LogP contribution in [0.1, 0.15) is 35.7 Å². The number of hydrogen-bond acceptors (Lipinski definition) is 5. The molecule has 0 aliphatic carbocycles. The molecule has 190 valence electrons. The van der Waals surface area contributed by atoms with Gasteiger partial charge < -0.3 is 15.2 Å². The molecule has 0 atom stereocenters. The van der Waals surface area contributed by atoms with Crippen LogP contribution >= 0.6 is 0 Å². The third kappa shape index (κ3) is 4.58. The molecule has 0 saturated heterocycles. The predicted molar refractivity (Wildman–Crippen MR) is 124 cm³/mol. The first-order valence-electron chi connectivity index (χ1n) is 10.9. The Kier molecular flexibility index (Phi) is 6.86. The molecule has 1 amide bonds. The van der Waals surface area contributed by atoms with Crippen LogP contribution in [0.3, 0.4) is 0 Å². The van der Waals surface area contributed by atoms with Crippen LogP contribution < -0.4 is 15.2 Å². The number of ether oxygens (including phenoxy) is 2. The third-order valence-electron chi connectivity index (χ3n) is 5.64. The molecule has 4 aromatic rings. The van der Waals surface area contributed by atoms with Crippen molar-refractivity contribution in [3.63, 3.8) is 0 Å². The number of aryl methyl sites for hydroxylation is 2. The summed E-state index contributed by atoms with van der Waals surface area (Å²) >= 11 is 0. The van der Waals surface area contributed by atoms with Gasteiger partial charge in [0.2, 0.25) is 0 Å². The van der Waals surface area contributed by atoms with Crippen LogP contribution in [0.5, 0.6) is 11.5 Å². The minimum absolute atomic E-state index is 0.120. The van der Waals surface area contributed by atoms with Crippen molar-refractivity contribution in [1.29, 1.82) is 0 Å². The van der Waals surface area contributed by atoms with E-state index in [-0.39, 0.29) is 33.5 Å². The molecule has 0 aliphatic rings. The highest BCUT2D eigenvalue weighted by atomic mass is 19.3. The third-order valence-corrected chi connectivity index (χ3v) is 5.64. The van der Waals surface area contributed by atoms with Gasteiger partial charge in [0.15, 0.2) is 0 Å². The largest absolute Gasteiger partial charge is 0.496 e. The molecular formula is C24H23F4N5O3. The second-order valence-electron chi connectivity index (χ2n) is 8.02. The number of rotatable bonds is 9. The second-order valence-corrected chi connectivity index (χ2v) is 8.02. The summed E-state index contributed by atoms with van der Waals surface area (Å²) in [6.07, 6.45) is 1.36.